The van der Waals surface area contributed by atoms with Crippen LogP contribution in [0.1, 0.15) is 23.5 Å². The molecule has 9 nitrogen and oxygen atoms in total. The fraction of sp³-hybridized carbons (Fsp3) is 0.375. The molecule has 2 aliphatic rings. The van der Waals surface area contributed by atoms with Crippen LogP contribution in [0.3, 0.4) is 0 Å². The number of rotatable bonds is 8. The van der Waals surface area contributed by atoms with E-state index in [1.165, 1.54) is 4.90 Å². The zero-order chi connectivity index (χ0) is 23.4. The number of hydrogen-bond acceptors (Lipinski definition) is 6. The molecule has 1 fully saturated rings. The van der Waals surface area contributed by atoms with Gasteiger partial charge in [0.2, 0.25) is 5.91 Å². The van der Waals surface area contributed by atoms with Gasteiger partial charge in [0, 0.05) is 25.4 Å². The number of benzene rings is 2. The van der Waals surface area contributed by atoms with Crippen LogP contribution in [0, 0.1) is 0 Å². The van der Waals surface area contributed by atoms with E-state index in [0.717, 1.165) is 22.3 Å². The molecule has 2 aromatic carbocycles. The summed E-state index contributed by atoms with van der Waals surface area (Å²) in [6, 6.07) is 16.2. The number of carboxylic acid groups (broad SMARTS) is 1. The topological polar surface area (TPSA) is 125 Å². The minimum absolute atomic E-state index is 0.0165. The molecule has 0 spiro atoms. The van der Waals surface area contributed by atoms with Crippen molar-refractivity contribution < 1.29 is 34.1 Å². The number of carbonyl (C=O) groups excluding carboxylic acids is 2. The highest BCUT2D eigenvalue weighted by Crippen LogP contribution is 2.44. The van der Waals surface area contributed by atoms with E-state index in [9.17, 15) is 19.5 Å². The summed E-state index contributed by atoms with van der Waals surface area (Å²) in [4.78, 5) is 36.5. The number of β-amino-alcohol motifs (C(OH)–C–C–N with tert-alkyl or cyclic N) is 1. The number of ether oxygens (including phenoxy) is 2. The first kappa shape index (κ1) is 22.8. The van der Waals surface area contributed by atoms with Gasteiger partial charge in [-0.3, -0.25) is 4.79 Å². The average molecular weight is 454 g/mol. The molecule has 1 aliphatic carbocycles. The molecule has 2 amide bonds. The van der Waals surface area contributed by atoms with Crippen LogP contribution in [0.2, 0.25) is 0 Å². The first-order valence-corrected chi connectivity index (χ1v) is 10.8. The van der Waals surface area contributed by atoms with Crippen molar-refractivity contribution in [2.75, 3.05) is 39.5 Å². The Kier molecular flexibility index (Phi) is 6.62. The van der Waals surface area contributed by atoms with E-state index in [2.05, 4.69) is 17.4 Å². The van der Waals surface area contributed by atoms with Gasteiger partial charge >= 0.3 is 12.1 Å². The third-order valence-corrected chi connectivity index (χ3v) is 6.08. The maximum absolute atomic E-state index is 12.1. The van der Waals surface area contributed by atoms with Crippen LogP contribution in [-0.2, 0) is 19.1 Å². The van der Waals surface area contributed by atoms with Crippen molar-refractivity contribution in [1.29, 1.82) is 0 Å². The Labute approximate surface area is 190 Å². The first-order valence-electron chi connectivity index (χ1n) is 10.8. The monoisotopic (exact) mass is 454 g/mol. The number of nitrogens with one attached hydrogen (secondary N) is 1. The number of hydrogen-bond donors (Lipinski definition) is 3. The highest BCUT2D eigenvalue weighted by Gasteiger charge is 2.44. The van der Waals surface area contributed by atoms with Crippen molar-refractivity contribution >= 4 is 18.0 Å². The second-order valence-electron chi connectivity index (χ2n) is 8.21. The number of aliphatic hydroxyl groups is 1. The Morgan fingerprint density at radius 3 is 2.30 bits per heavy atom. The molecular weight excluding hydrogens is 428 g/mol. The van der Waals surface area contributed by atoms with Gasteiger partial charge < -0.3 is 29.9 Å². The van der Waals surface area contributed by atoms with Crippen molar-refractivity contribution in [3.63, 3.8) is 0 Å². The lowest BCUT2D eigenvalue weighted by molar-refractivity contribution is -0.157. The van der Waals surface area contributed by atoms with Crippen molar-refractivity contribution in [2.45, 2.75) is 17.9 Å². The Morgan fingerprint density at radius 1 is 1.06 bits per heavy atom. The number of alkyl carbamates (subject to hydrolysis) is 1. The molecule has 9 heteroatoms. The van der Waals surface area contributed by atoms with Crippen molar-refractivity contribution in [3.8, 4) is 11.1 Å². The second kappa shape index (κ2) is 9.60. The fourth-order valence-electron chi connectivity index (χ4n) is 4.31. The SMILES string of the molecule is O=C(NCCOCC(=O)N1CCC(O)(C(=O)O)C1)OCC1c2ccccc2-c2ccccc21. The quantitative estimate of drug-likeness (QED) is 0.517. The third-order valence-electron chi connectivity index (χ3n) is 6.08. The van der Waals surface area contributed by atoms with Crippen LogP contribution in [0.25, 0.3) is 11.1 Å². The van der Waals surface area contributed by atoms with Gasteiger partial charge in [0.05, 0.1) is 13.2 Å². The number of aliphatic carboxylic acids is 1. The maximum Gasteiger partial charge on any atom is 0.407 e. The maximum atomic E-state index is 12.1. The van der Waals surface area contributed by atoms with Crippen LogP contribution in [0.5, 0.6) is 0 Å². The van der Waals surface area contributed by atoms with Crippen LogP contribution >= 0.6 is 0 Å². The first-order chi connectivity index (χ1) is 15.9. The number of likely N-dealkylation sites (tertiary alicyclic amines) is 1. The molecule has 1 heterocycles. The number of carbonyl (C=O) groups is 3. The molecule has 4 rings (SSSR count). The molecule has 33 heavy (non-hydrogen) atoms. The zero-order valence-corrected chi connectivity index (χ0v) is 18.0. The van der Waals surface area contributed by atoms with E-state index in [0.29, 0.717) is 0 Å². The average Bonchev–Trinajstić information content (AvgIpc) is 3.37. The van der Waals surface area contributed by atoms with Crippen molar-refractivity contribution in [1.82, 2.24) is 10.2 Å². The van der Waals surface area contributed by atoms with Crippen LogP contribution in [0.4, 0.5) is 4.79 Å². The predicted molar refractivity (Wildman–Crippen MR) is 118 cm³/mol. The number of carboxylic acids is 1. The van der Waals surface area contributed by atoms with Gasteiger partial charge in [-0.2, -0.15) is 0 Å². The molecule has 0 radical (unpaired) electrons. The number of amides is 2. The second-order valence-corrected chi connectivity index (χ2v) is 8.21. The lowest BCUT2D eigenvalue weighted by Gasteiger charge is -2.19. The molecule has 2 aromatic rings. The minimum Gasteiger partial charge on any atom is -0.479 e. The fourth-order valence-corrected chi connectivity index (χ4v) is 4.31. The summed E-state index contributed by atoms with van der Waals surface area (Å²) in [5.41, 5.74) is 2.66. The Balaban J connectivity index is 1.17. The molecule has 0 saturated carbocycles. The molecule has 174 valence electrons. The highest BCUT2D eigenvalue weighted by atomic mass is 16.5. The lowest BCUT2D eigenvalue weighted by atomic mass is 9.98. The van der Waals surface area contributed by atoms with Crippen LogP contribution in [0.15, 0.2) is 48.5 Å². The summed E-state index contributed by atoms with van der Waals surface area (Å²) in [6.45, 7) is 0.0875. The molecular formula is C24H26N2O7. The normalized spacial score (nSPS) is 19.1. The predicted octanol–water partition coefficient (Wildman–Crippen LogP) is 1.59. The number of fused-ring (bicyclic) bond motifs is 3. The van der Waals surface area contributed by atoms with E-state index >= 15 is 0 Å². The smallest absolute Gasteiger partial charge is 0.407 e. The summed E-state index contributed by atoms with van der Waals surface area (Å²) in [5.74, 6) is -1.78. The van der Waals surface area contributed by atoms with Gasteiger partial charge in [-0.15, -0.1) is 0 Å². The highest BCUT2D eigenvalue weighted by molar-refractivity contribution is 5.82. The molecule has 1 aliphatic heterocycles. The van der Waals surface area contributed by atoms with E-state index in [1.54, 1.807) is 0 Å². The van der Waals surface area contributed by atoms with Crippen LogP contribution < -0.4 is 5.32 Å². The minimum atomic E-state index is -1.90. The Bertz CT molecular complexity index is 1010. The summed E-state index contributed by atoms with van der Waals surface area (Å²) in [5, 5.41) is 21.5. The van der Waals surface area contributed by atoms with Gasteiger partial charge in [0.25, 0.3) is 0 Å². The van der Waals surface area contributed by atoms with Gasteiger partial charge in [-0.05, 0) is 22.3 Å². The number of nitrogens with zero attached hydrogens (tertiary/aromatic N) is 1. The van der Waals surface area contributed by atoms with E-state index in [4.69, 9.17) is 14.6 Å². The van der Waals surface area contributed by atoms with Gasteiger partial charge in [0.1, 0.15) is 13.2 Å². The summed E-state index contributed by atoms with van der Waals surface area (Å²) in [7, 11) is 0. The molecule has 3 N–H and O–H groups in total. The Hall–Kier alpha value is -3.43. The standard InChI is InChI=1S/C24H26N2O7/c27-21(26-11-9-24(31,15-26)22(28)29)14-32-12-10-25-23(30)33-13-20-18-7-3-1-5-16(18)17-6-2-4-8-19(17)20/h1-8,20,31H,9-15H2,(H,25,30)(H,28,29). The van der Waals surface area contributed by atoms with Gasteiger partial charge in [-0.1, -0.05) is 48.5 Å². The Morgan fingerprint density at radius 2 is 1.70 bits per heavy atom. The van der Waals surface area contributed by atoms with Crippen molar-refractivity contribution in [2.24, 2.45) is 0 Å². The van der Waals surface area contributed by atoms with E-state index < -0.39 is 23.6 Å². The molecule has 0 aromatic heterocycles. The zero-order valence-electron chi connectivity index (χ0n) is 18.0. The third kappa shape index (κ3) is 4.84. The van der Waals surface area contributed by atoms with E-state index in [1.807, 2.05) is 36.4 Å². The largest absolute Gasteiger partial charge is 0.479 e. The molecule has 1 unspecified atom stereocenters. The van der Waals surface area contributed by atoms with Gasteiger partial charge in [0.15, 0.2) is 5.60 Å². The lowest BCUT2D eigenvalue weighted by Crippen LogP contribution is -2.43. The molecule has 0 bridgehead atoms. The van der Waals surface area contributed by atoms with Gasteiger partial charge in [-0.25, -0.2) is 9.59 Å². The summed E-state index contributed by atoms with van der Waals surface area (Å²) < 4.78 is 10.7. The van der Waals surface area contributed by atoms with Crippen LogP contribution in [-0.4, -0.2) is 78.1 Å². The summed E-state index contributed by atoms with van der Waals surface area (Å²) >= 11 is 0. The summed E-state index contributed by atoms with van der Waals surface area (Å²) in [6.07, 6.45) is -0.588. The molecule has 1 saturated heterocycles. The van der Waals surface area contributed by atoms with Crippen molar-refractivity contribution in [3.05, 3.63) is 59.7 Å². The molecule has 1 atom stereocenters. The van der Waals surface area contributed by atoms with E-state index in [-0.39, 0.29) is 51.8 Å².